The maximum absolute atomic E-state index is 5.37. The molecule has 1 fully saturated rings. The Labute approximate surface area is 126 Å². The smallest absolute Gasteiger partial charge is 0.138 e. The molecule has 0 saturated carbocycles. The molecule has 0 bridgehead atoms. The van der Waals surface area contributed by atoms with Gasteiger partial charge in [0.15, 0.2) is 0 Å². The Hall–Kier alpha value is -1.61. The fourth-order valence-corrected chi connectivity index (χ4v) is 3.55. The van der Waals surface area contributed by atoms with E-state index in [1.54, 1.807) is 0 Å². The Morgan fingerprint density at radius 1 is 1.24 bits per heavy atom. The van der Waals surface area contributed by atoms with Crippen molar-refractivity contribution in [3.8, 4) is 0 Å². The third-order valence-electron chi connectivity index (χ3n) is 4.66. The van der Waals surface area contributed by atoms with Gasteiger partial charge in [0.2, 0.25) is 0 Å². The Kier molecular flexibility index (Phi) is 3.85. The van der Waals surface area contributed by atoms with Gasteiger partial charge < -0.3 is 4.52 Å². The number of benzene rings is 1. The summed E-state index contributed by atoms with van der Waals surface area (Å²) in [5.74, 6) is 0.977. The molecule has 2 aromatic rings. The van der Waals surface area contributed by atoms with Crippen molar-refractivity contribution >= 4 is 0 Å². The van der Waals surface area contributed by atoms with Gasteiger partial charge in [-0.25, -0.2) is 0 Å². The molecule has 3 heteroatoms. The predicted octanol–water partition coefficient (Wildman–Crippen LogP) is 4.25. The minimum Gasteiger partial charge on any atom is -0.361 e. The summed E-state index contributed by atoms with van der Waals surface area (Å²) in [4.78, 5) is 2.57. The third kappa shape index (κ3) is 2.75. The van der Waals surface area contributed by atoms with Gasteiger partial charge in [0.05, 0.1) is 5.69 Å². The van der Waals surface area contributed by atoms with Gasteiger partial charge in [-0.15, -0.1) is 0 Å². The molecule has 1 unspecified atom stereocenters. The van der Waals surface area contributed by atoms with Crippen molar-refractivity contribution in [3.63, 3.8) is 0 Å². The highest BCUT2D eigenvalue weighted by atomic mass is 16.5. The fourth-order valence-electron chi connectivity index (χ4n) is 3.55. The summed E-state index contributed by atoms with van der Waals surface area (Å²) in [6.45, 7) is 10.6. The minimum atomic E-state index is 0.456. The molecule has 1 aromatic heterocycles. The van der Waals surface area contributed by atoms with Crippen LogP contribution < -0.4 is 0 Å². The second-order valence-corrected chi connectivity index (χ2v) is 6.30. The molecule has 1 aliphatic rings. The Balaban J connectivity index is 1.85. The van der Waals surface area contributed by atoms with E-state index in [0.717, 1.165) is 24.5 Å². The molecule has 112 valence electrons. The molecule has 1 saturated heterocycles. The lowest BCUT2D eigenvalue weighted by atomic mass is 10.0. The number of aromatic nitrogens is 1. The first-order chi connectivity index (χ1) is 10.1. The molecule has 1 atom stereocenters. The maximum Gasteiger partial charge on any atom is 0.138 e. The first-order valence-corrected chi connectivity index (χ1v) is 7.79. The summed E-state index contributed by atoms with van der Waals surface area (Å²) in [5, 5.41) is 4.13. The van der Waals surface area contributed by atoms with E-state index in [9.17, 15) is 0 Å². The largest absolute Gasteiger partial charge is 0.361 e. The van der Waals surface area contributed by atoms with E-state index in [-0.39, 0.29) is 0 Å². The van der Waals surface area contributed by atoms with Crippen LogP contribution in [0.5, 0.6) is 0 Å². The molecule has 0 radical (unpaired) electrons. The van der Waals surface area contributed by atoms with Gasteiger partial charge in [-0.2, -0.15) is 0 Å². The van der Waals surface area contributed by atoms with Crippen LogP contribution in [0.25, 0.3) is 0 Å². The van der Waals surface area contributed by atoms with E-state index >= 15 is 0 Å². The number of nitrogens with zero attached hydrogens (tertiary/aromatic N) is 2. The molecule has 3 rings (SSSR count). The van der Waals surface area contributed by atoms with Crippen molar-refractivity contribution in [3.05, 3.63) is 51.9 Å². The van der Waals surface area contributed by atoms with E-state index < -0.39 is 0 Å². The second kappa shape index (κ2) is 5.64. The van der Waals surface area contributed by atoms with Crippen molar-refractivity contribution in [2.75, 3.05) is 6.54 Å². The molecule has 1 aromatic carbocycles. The summed E-state index contributed by atoms with van der Waals surface area (Å²) in [7, 11) is 0. The van der Waals surface area contributed by atoms with E-state index in [1.165, 1.54) is 35.1 Å². The van der Waals surface area contributed by atoms with Crippen molar-refractivity contribution in [2.45, 2.75) is 53.1 Å². The molecule has 0 amide bonds. The zero-order valence-corrected chi connectivity index (χ0v) is 13.4. The average molecular weight is 284 g/mol. The molecular weight excluding hydrogens is 260 g/mol. The standard InChI is InChI=1S/C18H24N2O/c1-12-7-8-16(13(2)10-12)11-20-9-5-6-17(20)18-14(3)19-21-15(18)4/h7-8,10,17H,5-6,9,11H2,1-4H3. The van der Waals surface area contributed by atoms with Gasteiger partial charge >= 0.3 is 0 Å². The summed E-state index contributed by atoms with van der Waals surface area (Å²) in [6, 6.07) is 7.21. The van der Waals surface area contributed by atoms with Crippen LogP contribution in [0.2, 0.25) is 0 Å². The average Bonchev–Trinajstić information content (AvgIpc) is 3.00. The highest BCUT2D eigenvalue weighted by Crippen LogP contribution is 2.36. The normalized spacial score (nSPS) is 19.3. The Bertz CT molecular complexity index is 625. The predicted molar refractivity (Wildman–Crippen MR) is 84.3 cm³/mol. The molecular formula is C18H24N2O. The molecule has 1 aliphatic heterocycles. The maximum atomic E-state index is 5.37. The van der Waals surface area contributed by atoms with Crippen molar-refractivity contribution in [2.24, 2.45) is 0 Å². The highest BCUT2D eigenvalue weighted by Gasteiger charge is 2.30. The van der Waals surface area contributed by atoms with Gasteiger partial charge in [-0.1, -0.05) is 28.9 Å². The summed E-state index contributed by atoms with van der Waals surface area (Å²) in [5.41, 5.74) is 6.50. The molecule has 0 aliphatic carbocycles. The lowest BCUT2D eigenvalue weighted by Crippen LogP contribution is -2.24. The quantitative estimate of drug-likeness (QED) is 0.844. The van der Waals surface area contributed by atoms with Gasteiger partial charge in [-0.05, 0) is 58.2 Å². The van der Waals surface area contributed by atoms with Crippen molar-refractivity contribution in [1.82, 2.24) is 10.1 Å². The Morgan fingerprint density at radius 3 is 2.71 bits per heavy atom. The van der Waals surface area contributed by atoms with Crippen LogP contribution >= 0.6 is 0 Å². The number of aryl methyl sites for hydroxylation is 4. The van der Waals surface area contributed by atoms with E-state index in [4.69, 9.17) is 4.52 Å². The second-order valence-electron chi connectivity index (χ2n) is 6.30. The van der Waals surface area contributed by atoms with Crippen molar-refractivity contribution in [1.29, 1.82) is 0 Å². The first kappa shape index (κ1) is 14.3. The van der Waals surface area contributed by atoms with Crippen LogP contribution in [0.3, 0.4) is 0 Å². The van der Waals surface area contributed by atoms with Crippen LogP contribution in [0.15, 0.2) is 22.7 Å². The SMILES string of the molecule is Cc1ccc(CN2CCCC2c2c(C)noc2C)c(C)c1. The summed E-state index contributed by atoms with van der Waals surface area (Å²) < 4.78 is 5.37. The number of rotatable bonds is 3. The van der Waals surface area contributed by atoms with Crippen LogP contribution in [0, 0.1) is 27.7 Å². The number of hydrogen-bond acceptors (Lipinski definition) is 3. The van der Waals surface area contributed by atoms with E-state index in [0.29, 0.717) is 6.04 Å². The fraction of sp³-hybridized carbons (Fsp3) is 0.500. The van der Waals surface area contributed by atoms with Gasteiger partial charge in [-0.3, -0.25) is 4.90 Å². The molecule has 0 spiro atoms. The lowest BCUT2D eigenvalue weighted by Gasteiger charge is -2.25. The number of hydrogen-bond donors (Lipinski definition) is 0. The van der Waals surface area contributed by atoms with Gasteiger partial charge in [0.1, 0.15) is 5.76 Å². The van der Waals surface area contributed by atoms with Crippen molar-refractivity contribution < 1.29 is 4.52 Å². The minimum absolute atomic E-state index is 0.456. The van der Waals surface area contributed by atoms with Crippen LogP contribution in [-0.4, -0.2) is 16.6 Å². The summed E-state index contributed by atoms with van der Waals surface area (Å²) in [6.07, 6.45) is 2.45. The zero-order chi connectivity index (χ0) is 15.0. The first-order valence-electron chi connectivity index (χ1n) is 7.79. The van der Waals surface area contributed by atoms with Gasteiger partial charge in [0.25, 0.3) is 0 Å². The highest BCUT2D eigenvalue weighted by molar-refractivity contribution is 5.31. The molecule has 2 heterocycles. The molecule has 0 N–H and O–H groups in total. The third-order valence-corrected chi connectivity index (χ3v) is 4.66. The summed E-state index contributed by atoms with van der Waals surface area (Å²) >= 11 is 0. The Morgan fingerprint density at radius 2 is 2.05 bits per heavy atom. The monoisotopic (exact) mass is 284 g/mol. The molecule has 21 heavy (non-hydrogen) atoms. The van der Waals surface area contributed by atoms with E-state index in [1.807, 2.05) is 6.92 Å². The number of likely N-dealkylation sites (tertiary alicyclic amines) is 1. The van der Waals surface area contributed by atoms with Gasteiger partial charge in [0, 0.05) is 18.2 Å². The molecule has 3 nitrogen and oxygen atoms in total. The topological polar surface area (TPSA) is 29.3 Å². The lowest BCUT2D eigenvalue weighted by molar-refractivity contribution is 0.245. The van der Waals surface area contributed by atoms with Crippen LogP contribution in [0.1, 0.15) is 52.6 Å². The van der Waals surface area contributed by atoms with E-state index in [2.05, 4.69) is 49.0 Å². The van der Waals surface area contributed by atoms with Crippen LogP contribution in [-0.2, 0) is 6.54 Å². The zero-order valence-electron chi connectivity index (χ0n) is 13.4. The van der Waals surface area contributed by atoms with Crippen LogP contribution in [0.4, 0.5) is 0 Å².